The van der Waals surface area contributed by atoms with Crippen LogP contribution in [0, 0.1) is 0 Å². The number of nitrogens with zero attached hydrogens (tertiary/aromatic N) is 1. The molecule has 7 N–H and O–H groups in total. The van der Waals surface area contributed by atoms with Crippen molar-refractivity contribution in [3.63, 3.8) is 0 Å². The van der Waals surface area contributed by atoms with Gasteiger partial charge in [0.05, 0.1) is 0 Å². The van der Waals surface area contributed by atoms with Gasteiger partial charge in [-0.05, 0) is 12.1 Å². The van der Waals surface area contributed by atoms with E-state index in [1.165, 1.54) is 0 Å². The summed E-state index contributed by atoms with van der Waals surface area (Å²) in [5.74, 6) is 13.7. The van der Waals surface area contributed by atoms with Gasteiger partial charge in [-0.3, -0.25) is 11.7 Å². The van der Waals surface area contributed by atoms with Crippen molar-refractivity contribution < 1.29 is 0 Å². The Hall–Kier alpha value is -1.17. The van der Waals surface area contributed by atoms with Crippen molar-refractivity contribution in [1.29, 1.82) is 0 Å². The first-order chi connectivity index (χ1) is 4.93. The number of nitrogens with one attached hydrogen (secondary N) is 1. The highest BCUT2D eigenvalue weighted by molar-refractivity contribution is 5.30. The third kappa shape index (κ3) is 2.98. The fraction of sp³-hybridized carbons (Fsp3) is 0. The van der Waals surface area contributed by atoms with E-state index in [1.54, 1.807) is 12.3 Å². The highest BCUT2D eigenvalue weighted by atomic mass is 15.2. The van der Waals surface area contributed by atoms with E-state index in [4.69, 9.17) is 5.84 Å². The first-order valence-electron chi connectivity index (χ1n) is 2.64. The fourth-order valence-electron chi connectivity index (χ4n) is 0.448. The Bertz CT molecular complexity index is 151. The zero-order valence-corrected chi connectivity index (χ0v) is 5.49. The molecule has 0 spiro atoms. The summed E-state index contributed by atoms with van der Waals surface area (Å²) in [5, 5.41) is 0. The van der Waals surface area contributed by atoms with Crippen LogP contribution in [0.2, 0.25) is 0 Å². The lowest BCUT2D eigenvalue weighted by Gasteiger charge is -1.92. The molecule has 0 atom stereocenters. The second-order valence-corrected chi connectivity index (χ2v) is 1.36. The molecule has 0 unspecified atom stereocenters. The number of hydrogen-bond acceptors (Lipinski definition) is 5. The van der Waals surface area contributed by atoms with Crippen LogP contribution in [-0.4, -0.2) is 4.98 Å². The number of hydrazine groups is 2. The summed E-state index contributed by atoms with van der Waals surface area (Å²) in [6, 6.07) is 5.49. The van der Waals surface area contributed by atoms with Crippen LogP contribution in [0.3, 0.4) is 0 Å². The maximum absolute atomic E-state index is 5.04. The Balaban J connectivity index is 0.000000371. The molecule has 0 saturated heterocycles. The molecule has 1 heterocycles. The molecule has 0 bridgehead atoms. The van der Waals surface area contributed by atoms with Crippen LogP contribution >= 0.6 is 0 Å². The van der Waals surface area contributed by atoms with E-state index in [2.05, 4.69) is 22.1 Å². The van der Waals surface area contributed by atoms with Gasteiger partial charge in [0.25, 0.3) is 0 Å². The second kappa shape index (κ2) is 5.96. The van der Waals surface area contributed by atoms with Crippen LogP contribution in [0.4, 0.5) is 5.82 Å². The van der Waals surface area contributed by atoms with Crippen molar-refractivity contribution in [2.75, 3.05) is 5.43 Å². The third-order valence-electron chi connectivity index (χ3n) is 0.813. The molecule has 0 amide bonds. The summed E-state index contributed by atoms with van der Waals surface area (Å²) in [7, 11) is 0. The molecule has 0 saturated carbocycles. The molecule has 1 aromatic rings. The van der Waals surface area contributed by atoms with Crippen molar-refractivity contribution >= 4 is 5.82 Å². The Morgan fingerprint density at radius 2 is 2.00 bits per heavy atom. The molecule has 0 fully saturated rings. The molecule has 5 heteroatoms. The maximum Gasteiger partial charge on any atom is 0.139 e. The van der Waals surface area contributed by atoms with E-state index in [-0.39, 0.29) is 0 Å². The van der Waals surface area contributed by atoms with Gasteiger partial charge in [0.2, 0.25) is 0 Å². The van der Waals surface area contributed by atoms with Crippen molar-refractivity contribution in [2.24, 2.45) is 17.5 Å². The highest BCUT2D eigenvalue weighted by Crippen LogP contribution is 1.94. The molecule has 0 radical (unpaired) electrons. The van der Waals surface area contributed by atoms with Gasteiger partial charge in [-0.1, -0.05) is 6.07 Å². The van der Waals surface area contributed by atoms with Gasteiger partial charge in [-0.15, -0.1) is 0 Å². The van der Waals surface area contributed by atoms with Crippen LogP contribution in [0.15, 0.2) is 24.4 Å². The number of rotatable bonds is 1. The summed E-state index contributed by atoms with van der Waals surface area (Å²) >= 11 is 0. The smallest absolute Gasteiger partial charge is 0.139 e. The number of anilines is 1. The Morgan fingerprint density at radius 3 is 2.30 bits per heavy atom. The molecular formula is C5H11N5. The lowest BCUT2D eigenvalue weighted by Crippen LogP contribution is -2.07. The minimum atomic E-state index is 0.688. The molecule has 0 aliphatic heterocycles. The number of pyridine rings is 1. The molecule has 56 valence electrons. The van der Waals surface area contributed by atoms with Gasteiger partial charge in [0.15, 0.2) is 0 Å². The molecular weight excluding hydrogens is 130 g/mol. The van der Waals surface area contributed by atoms with Gasteiger partial charge in [-0.2, -0.15) is 0 Å². The Labute approximate surface area is 59.2 Å². The molecule has 5 nitrogen and oxygen atoms in total. The summed E-state index contributed by atoms with van der Waals surface area (Å²) in [6.45, 7) is 0. The van der Waals surface area contributed by atoms with Crippen LogP contribution < -0.4 is 23.0 Å². The van der Waals surface area contributed by atoms with E-state index in [1.807, 2.05) is 12.1 Å². The van der Waals surface area contributed by atoms with E-state index in [9.17, 15) is 0 Å². The first-order valence-corrected chi connectivity index (χ1v) is 2.64. The standard InChI is InChI=1S/C5H7N3.H4N2/c6-8-5-3-1-2-4-7-5;1-2/h1-4H,6H2,(H,7,8);1-2H2. The number of nitrogens with two attached hydrogens (primary N) is 3. The van der Waals surface area contributed by atoms with Crippen molar-refractivity contribution in [1.82, 2.24) is 4.98 Å². The van der Waals surface area contributed by atoms with Crippen molar-refractivity contribution in [3.8, 4) is 0 Å². The van der Waals surface area contributed by atoms with Gasteiger partial charge < -0.3 is 5.43 Å². The summed E-state index contributed by atoms with van der Waals surface area (Å²) in [6.07, 6.45) is 1.68. The van der Waals surface area contributed by atoms with Crippen molar-refractivity contribution in [3.05, 3.63) is 24.4 Å². The van der Waals surface area contributed by atoms with E-state index >= 15 is 0 Å². The largest absolute Gasteiger partial charge is 0.308 e. The molecule has 10 heavy (non-hydrogen) atoms. The van der Waals surface area contributed by atoms with Crippen LogP contribution in [-0.2, 0) is 0 Å². The van der Waals surface area contributed by atoms with Crippen molar-refractivity contribution in [2.45, 2.75) is 0 Å². The van der Waals surface area contributed by atoms with Gasteiger partial charge in [0.1, 0.15) is 5.82 Å². The lowest BCUT2D eigenvalue weighted by molar-refractivity contribution is 1.23. The summed E-state index contributed by atoms with van der Waals surface area (Å²) < 4.78 is 0. The zero-order valence-electron chi connectivity index (χ0n) is 5.49. The molecule has 0 aromatic carbocycles. The monoisotopic (exact) mass is 141 g/mol. The average molecular weight is 141 g/mol. The summed E-state index contributed by atoms with van der Waals surface area (Å²) in [5.41, 5.74) is 2.42. The maximum atomic E-state index is 5.04. The predicted octanol–water partition coefficient (Wildman–Crippen LogP) is -0.814. The van der Waals surface area contributed by atoms with E-state index in [0.29, 0.717) is 5.82 Å². The molecule has 1 rings (SSSR count). The minimum Gasteiger partial charge on any atom is -0.308 e. The van der Waals surface area contributed by atoms with Gasteiger partial charge >= 0.3 is 0 Å². The van der Waals surface area contributed by atoms with E-state index in [0.717, 1.165) is 0 Å². The van der Waals surface area contributed by atoms with Crippen LogP contribution in [0.25, 0.3) is 0 Å². The Kier molecular flexibility index (Phi) is 5.26. The van der Waals surface area contributed by atoms with Crippen LogP contribution in [0.1, 0.15) is 0 Å². The SMILES string of the molecule is NN.NNc1ccccn1. The highest BCUT2D eigenvalue weighted by Gasteiger charge is 1.79. The molecule has 1 aromatic heterocycles. The second-order valence-electron chi connectivity index (χ2n) is 1.36. The van der Waals surface area contributed by atoms with Crippen LogP contribution in [0.5, 0.6) is 0 Å². The molecule has 0 aliphatic rings. The number of nitrogen functional groups attached to an aromatic ring is 1. The number of aromatic nitrogens is 1. The fourth-order valence-corrected chi connectivity index (χ4v) is 0.448. The lowest BCUT2D eigenvalue weighted by atomic mass is 10.5. The Morgan fingerprint density at radius 1 is 1.30 bits per heavy atom. The normalized spacial score (nSPS) is 7.50. The summed E-state index contributed by atoms with van der Waals surface area (Å²) in [4.78, 5) is 3.86. The topological polar surface area (TPSA) is 103 Å². The van der Waals surface area contributed by atoms with Gasteiger partial charge in [-0.25, -0.2) is 10.8 Å². The first kappa shape index (κ1) is 8.83. The molecule has 0 aliphatic carbocycles. The minimum absolute atomic E-state index is 0.688. The van der Waals surface area contributed by atoms with Gasteiger partial charge in [0, 0.05) is 6.20 Å². The zero-order chi connectivity index (χ0) is 7.82. The third-order valence-corrected chi connectivity index (χ3v) is 0.813. The average Bonchev–Trinajstić information content (AvgIpc) is 2.10. The predicted molar refractivity (Wildman–Crippen MR) is 40.4 cm³/mol. The quantitative estimate of drug-likeness (QED) is 0.302. The number of hydrogen-bond donors (Lipinski definition) is 4. The van der Waals surface area contributed by atoms with E-state index < -0.39 is 0 Å².